The predicted molar refractivity (Wildman–Crippen MR) is 197 cm³/mol. The van der Waals surface area contributed by atoms with E-state index in [1.807, 2.05) is 0 Å². The number of hydrogen-bond donors (Lipinski definition) is 14. The summed E-state index contributed by atoms with van der Waals surface area (Å²) in [6, 6.07) is 0. The Hall–Kier alpha value is -10.5. The Morgan fingerprint density at radius 1 is 0.183 bits per heavy atom. The molecule has 0 aliphatic carbocycles. The molecule has 364 valence electrons. The number of carbonyl (C=O) groups excluding carboxylic acids is 4. The molecule has 0 atom stereocenters. The third-order valence-electron chi connectivity index (χ3n) is 8.68. The largest absolute Gasteiger partial charge is 1.00 e. The summed E-state index contributed by atoms with van der Waals surface area (Å²) in [6.07, 6.45) is 0. The number of hydrogen-bond acceptors (Lipinski definition) is 20. The molecule has 0 aliphatic rings. The first kappa shape index (κ1) is 56.6. The first-order chi connectivity index (χ1) is 32.1. The smallest absolute Gasteiger partial charge is 1.00 e. The molecule has 3 aromatic carbocycles. The Bertz CT molecular complexity index is 2890. The second-order valence-electron chi connectivity index (χ2n) is 12.4. The van der Waals surface area contributed by atoms with E-state index < -0.39 is 208 Å². The molecule has 34 nitrogen and oxygen atoms in total. The van der Waals surface area contributed by atoms with Crippen molar-refractivity contribution in [1.29, 1.82) is 0 Å². The molecule has 3 aromatic rings. The van der Waals surface area contributed by atoms with Gasteiger partial charge in [-0.1, -0.05) is 0 Å². The molecule has 0 amide bonds. The maximum Gasteiger partial charge on any atom is 1.00 e. The fourth-order valence-corrected chi connectivity index (χ4v) is 6.43. The summed E-state index contributed by atoms with van der Waals surface area (Å²) < 4.78 is 8.33. The Morgan fingerprint density at radius 2 is 0.254 bits per heavy atom. The molecule has 0 fully saturated rings. The van der Waals surface area contributed by atoms with Crippen molar-refractivity contribution in [2.75, 3.05) is 0 Å². The van der Waals surface area contributed by atoms with E-state index in [1.165, 1.54) is 0 Å². The van der Waals surface area contributed by atoms with Crippen molar-refractivity contribution < 1.29 is 198 Å². The van der Waals surface area contributed by atoms with Gasteiger partial charge in [-0.15, -0.1) is 0 Å². The molecule has 0 radical (unpaired) electrons. The fourth-order valence-electron chi connectivity index (χ4n) is 6.43. The Morgan fingerprint density at radius 3 is 0.338 bits per heavy atom. The number of aromatic carboxylic acids is 14. The van der Waals surface area contributed by atoms with Gasteiger partial charge < -0.3 is 82.4 Å². The summed E-state index contributed by atoms with van der Waals surface area (Å²) in [4.78, 5) is 228. The Labute approximate surface area is 404 Å². The van der Waals surface area contributed by atoms with Gasteiger partial charge in [0.2, 0.25) is 0 Å². The van der Waals surface area contributed by atoms with E-state index in [1.54, 1.807) is 0 Å². The van der Waals surface area contributed by atoms with Gasteiger partial charge in [-0.2, -0.15) is 0 Å². The van der Waals surface area contributed by atoms with Crippen LogP contribution in [0, 0.1) is 0 Å². The zero-order valence-electron chi connectivity index (χ0n) is 34.4. The summed E-state index contributed by atoms with van der Waals surface area (Å²) in [5, 5.41) is 137. The van der Waals surface area contributed by atoms with E-state index in [0.717, 1.165) is 0 Å². The molecule has 0 spiro atoms. The van der Waals surface area contributed by atoms with Crippen molar-refractivity contribution in [3.8, 4) is 0 Å². The van der Waals surface area contributed by atoms with E-state index >= 15 is 0 Å². The molecule has 3 rings (SSSR count). The molecular weight excluding hydrogens is 999 g/mol. The molecular formula is C36H15NaO34. The van der Waals surface area contributed by atoms with E-state index in [9.17, 15) is 158 Å². The monoisotopic (exact) mass is 1010 g/mol. The molecule has 71 heavy (non-hydrogen) atoms. The summed E-state index contributed by atoms with van der Waals surface area (Å²) in [5.74, 6) is -52.9. The van der Waals surface area contributed by atoms with E-state index in [-0.39, 0.29) is 31.0 Å². The first-order valence-electron chi connectivity index (χ1n) is 16.6. The topological polar surface area (TPSA) is 609 Å². The molecule has 14 N–H and O–H groups in total. The third kappa shape index (κ3) is 9.83. The number of carbonyl (C=O) groups is 18. The molecule has 0 aromatic heterocycles. The minimum atomic E-state index is -3.21. The van der Waals surface area contributed by atoms with Crippen molar-refractivity contribution in [2.45, 2.75) is 0 Å². The van der Waals surface area contributed by atoms with Crippen LogP contribution in [-0.4, -0.2) is 179 Å². The van der Waals surface area contributed by atoms with Crippen LogP contribution in [0.15, 0.2) is 0 Å². The van der Waals surface area contributed by atoms with Gasteiger partial charge in [0.25, 0.3) is 0 Å². The molecule has 0 heterocycles. The Balaban J connectivity index is 0.0000130. The minimum Gasteiger partial charge on any atom is -1.00 e. The van der Waals surface area contributed by atoms with Gasteiger partial charge in [-0.3, -0.25) is 0 Å². The van der Waals surface area contributed by atoms with E-state index in [2.05, 4.69) is 9.47 Å². The van der Waals surface area contributed by atoms with Crippen LogP contribution in [0.25, 0.3) is 0 Å². The van der Waals surface area contributed by atoms with Gasteiger partial charge >= 0.3 is 137 Å². The molecule has 0 saturated carbocycles. The van der Waals surface area contributed by atoms with Gasteiger partial charge in [0, 0.05) is 0 Å². The zero-order chi connectivity index (χ0) is 54.2. The van der Waals surface area contributed by atoms with Crippen molar-refractivity contribution in [3.05, 3.63) is 100 Å². The normalized spacial score (nSPS) is 10.3. The van der Waals surface area contributed by atoms with Crippen LogP contribution in [-0.2, 0) is 9.47 Å². The maximum absolute atomic E-state index is 14.0. The molecule has 0 saturated heterocycles. The van der Waals surface area contributed by atoms with Gasteiger partial charge in [0.05, 0.1) is 100 Å². The average molecular weight is 1010 g/mol. The number of benzene rings is 3. The van der Waals surface area contributed by atoms with Crippen molar-refractivity contribution in [1.82, 2.24) is 0 Å². The first-order valence-corrected chi connectivity index (χ1v) is 16.6. The van der Waals surface area contributed by atoms with Crippen LogP contribution >= 0.6 is 0 Å². The number of carboxylic acid groups (broad SMARTS) is 14. The SMILES string of the molecule is O=C(O)c1c(C(=O)O)c(C(=O)O)c(C(=O)OC(=O)c2c(C(=O)O)c(C(=O)O)c(C(=O)O)c(C(=O)O)c2C(=O)OC(=O)c2c(C(=O)O)c(C(=O)O)c(C(=O)O)c(C(=O)O)c2C(=O)O)c(C(=O)O)c1C(=O)O.[H-].[Na+]. The van der Waals surface area contributed by atoms with Gasteiger partial charge in [-0.05, 0) is 0 Å². The Kier molecular flexibility index (Phi) is 16.4. The van der Waals surface area contributed by atoms with Crippen LogP contribution < -0.4 is 29.6 Å². The number of carboxylic acids is 14. The van der Waals surface area contributed by atoms with Crippen LogP contribution in [0.2, 0.25) is 0 Å². The molecule has 0 unspecified atom stereocenters. The van der Waals surface area contributed by atoms with Gasteiger partial charge in [0.1, 0.15) is 0 Å². The van der Waals surface area contributed by atoms with Crippen LogP contribution in [0.4, 0.5) is 0 Å². The van der Waals surface area contributed by atoms with E-state index in [4.69, 9.17) is 0 Å². The van der Waals surface area contributed by atoms with Crippen LogP contribution in [0.1, 0.15) is 188 Å². The minimum absolute atomic E-state index is 0. The number of rotatable bonds is 18. The van der Waals surface area contributed by atoms with Gasteiger partial charge in [-0.25, -0.2) is 86.3 Å². The fraction of sp³-hybridized carbons (Fsp3) is 0. The predicted octanol–water partition coefficient (Wildman–Crippen LogP) is -3.43. The molecule has 0 bridgehead atoms. The van der Waals surface area contributed by atoms with Crippen molar-refractivity contribution >= 4 is 107 Å². The van der Waals surface area contributed by atoms with Crippen LogP contribution in [0.5, 0.6) is 0 Å². The summed E-state index contributed by atoms with van der Waals surface area (Å²) in [5.41, 5.74) is -43.7. The number of ether oxygens (including phenoxy) is 2. The summed E-state index contributed by atoms with van der Waals surface area (Å²) in [7, 11) is 0. The second kappa shape index (κ2) is 20.6. The quantitative estimate of drug-likeness (QED) is 0.0335. The summed E-state index contributed by atoms with van der Waals surface area (Å²) >= 11 is 0. The zero-order valence-corrected chi connectivity index (χ0v) is 35.4. The maximum atomic E-state index is 14.0. The van der Waals surface area contributed by atoms with Gasteiger partial charge in [0.15, 0.2) is 0 Å². The number of esters is 4. The van der Waals surface area contributed by atoms with Crippen molar-refractivity contribution in [3.63, 3.8) is 0 Å². The second-order valence-corrected chi connectivity index (χ2v) is 12.4. The average Bonchev–Trinajstić information content (AvgIpc) is 3.21. The third-order valence-corrected chi connectivity index (χ3v) is 8.68. The van der Waals surface area contributed by atoms with E-state index in [0.29, 0.717) is 0 Å². The standard InChI is InChI=1S/C36H14O34.Na.H/c37-19(38)1-3(21(41)42)9(27(53)54)15(10(28(55)56)4(1)22(43)44)33(65)69-35(67)17-13(31(61)62)7(25(49)50)8(26(51)52)14(32(63)64)18(17)36(68)70-34(66)16-11(29(57)58)5(23(45)46)2(20(39)40)6(24(47)48)12(16)30(59)60;;/h(H,37,38)(H,39,40)(H,41,42)(H,43,44)(H,45,46)(H,47,48)(H,49,50)(H,51,52)(H,53,54)(H,55,56)(H,57,58)(H,59,60)(H,61,62)(H,63,64);;/q;+1;-1. The summed E-state index contributed by atoms with van der Waals surface area (Å²) in [6.45, 7) is 0. The molecule has 35 heteroatoms. The molecule has 0 aliphatic heterocycles. The van der Waals surface area contributed by atoms with Crippen LogP contribution in [0.3, 0.4) is 0 Å². The van der Waals surface area contributed by atoms with Crippen molar-refractivity contribution in [2.24, 2.45) is 0 Å².